The molecule has 0 aliphatic carbocycles. The minimum Gasteiger partial charge on any atom is -0.295 e. The Hall–Kier alpha value is -0.570. The van der Waals surface area contributed by atoms with Crippen LogP contribution in [0, 0.1) is 5.41 Å². The molecular weight excluding hydrogens is 166 g/mol. The van der Waals surface area contributed by atoms with Gasteiger partial charge in [-0.2, -0.15) is 0 Å². The number of amides is 2. The summed E-state index contributed by atoms with van der Waals surface area (Å²) in [6.07, 6.45) is 0. The van der Waals surface area contributed by atoms with Crippen molar-refractivity contribution in [3.05, 3.63) is 0 Å². The lowest BCUT2D eigenvalue weighted by Crippen LogP contribution is -2.39. The normalized spacial score (nSPS) is 10.9. The molecule has 0 atom stereocenters. The van der Waals surface area contributed by atoms with E-state index < -0.39 is 11.3 Å². The van der Waals surface area contributed by atoms with E-state index >= 15 is 0 Å². The molecule has 0 fully saturated rings. The summed E-state index contributed by atoms with van der Waals surface area (Å²) >= 11 is 5.18. The molecule has 0 heterocycles. The summed E-state index contributed by atoms with van der Waals surface area (Å²) in [7, 11) is 0. The van der Waals surface area contributed by atoms with Crippen molar-refractivity contribution < 1.29 is 9.59 Å². The molecule has 0 aliphatic heterocycles. The largest absolute Gasteiger partial charge is 0.295 e. The second-order valence-corrected chi connectivity index (χ2v) is 3.53. The van der Waals surface area contributed by atoms with Gasteiger partial charge in [0.2, 0.25) is 11.8 Å². The maximum Gasteiger partial charge on any atom is 0.241 e. The van der Waals surface area contributed by atoms with Gasteiger partial charge in [0.1, 0.15) is 5.88 Å². The SMILES string of the molecule is CC(C)(C)C(=O)NC(=O)CCl. The summed E-state index contributed by atoms with van der Waals surface area (Å²) in [5.74, 6) is -0.934. The number of hydrogen-bond donors (Lipinski definition) is 1. The van der Waals surface area contributed by atoms with Crippen LogP contribution in [-0.2, 0) is 9.59 Å². The summed E-state index contributed by atoms with van der Waals surface area (Å²) in [4.78, 5) is 21.6. The molecule has 0 saturated heterocycles. The Morgan fingerprint density at radius 3 is 2.09 bits per heavy atom. The molecule has 0 aromatic rings. The van der Waals surface area contributed by atoms with Crippen molar-refractivity contribution in [1.29, 1.82) is 0 Å². The standard InChI is InChI=1S/C7H12ClNO2/c1-7(2,3)6(11)9-5(10)4-8/h4H2,1-3H3,(H,9,10,11). The van der Waals surface area contributed by atoms with Crippen molar-refractivity contribution in [1.82, 2.24) is 5.32 Å². The summed E-state index contributed by atoms with van der Waals surface area (Å²) in [6.45, 7) is 5.18. The fourth-order valence-electron chi connectivity index (χ4n) is 0.348. The highest BCUT2D eigenvalue weighted by Gasteiger charge is 2.22. The Balaban J connectivity index is 3.99. The zero-order valence-electron chi connectivity index (χ0n) is 6.90. The van der Waals surface area contributed by atoms with Crippen LogP contribution in [0.2, 0.25) is 0 Å². The Morgan fingerprint density at radius 1 is 1.36 bits per heavy atom. The first-order chi connectivity index (χ1) is 4.88. The molecule has 0 aromatic heterocycles. The van der Waals surface area contributed by atoms with Crippen LogP contribution in [-0.4, -0.2) is 17.7 Å². The Labute approximate surface area is 71.1 Å². The minimum atomic E-state index is -0.540. The third kappa shape index (κ3) is 3.98. The van der Waals surface area contributed by atoms with E-state index in [0.29, 0.717) is 0 Å². The van der Waals surface area contributed by atoms with Crippen molar-refractivity contribution in [2.45, 2.75) is 20.8 Å². The second-order valence-electron chi connectivity index (χ2n) is 3.26. The molecule has 4 heteroatoms. The topological polar surface area (TPSA) is 46.2 Å². The van der Waals surface area contributed by atoms with E-state index in [1.807, 2.05) is 0 Å². The van der Waals surface area contributed by atoms with Crippen molar-refractivity contribution in [2.24, 2.45) is 5.41 Å². The van der Waals surface area contributed by atoms with E-state index in [1.165, 1.54) is 0 Å². The summed E-state index contributed by atoms with van der Waals surface area (Å²) in [5, 5.41) is 2.16. The van der Waals surface area contributed by atoms with Gasteiger partial charge in [-0.05, 0) is 0 Å². The van der Waals surface area contributed by atoms with E-state index in [4.69, 9.17) is 11.6 Å². The molecule has 0 rings (SSSR count). The molecule has 2 amide bonds. The maximum atomic E-state index is 11.0. The number of alkyl halides is 1. The first-order valence-corrected chi connectivity index (χ1v) is 3.81. The van der Waals surface area contributed by atoms with Crippen molar-refractivity contribution in [2.75, 3.05) is 5.88 Å². The lowest BCUT2D eigenvalue weighted by atomic mass is 9.96. The molecule has 0 unspecified atom stereocenters. The van der Waals surface area contributed by atoms with Crippen LogP contribution in [0.5, 0.6) is 0 Å². The Bertz CT molecular complexity index is 172. The first kappa shape index (κ1) is 10.4. The van der Waals surface area contributed by atoms with Gasteiger partial charge >= 0.3 is 0 Å². The van der Waals surface area contributed by atoms with Gasteiger partial charge in [-0.1, -0.05) is 20.8 Å². The van der Waals surface area contributed by atoms with Crippen LogP contribution in [0.1, 0.15) is 20.8 Å². The van der Waals surface area contributed by atoms with Gasteiger partial charge < -0.3 is 0 Å². The Kier molecular flexibility index (Phi) is 3.52. The molecule has 64 valence electrons. The number of carbonyl (C=O) groups is 2. The van der Waals surface area contributed by atoms with Crippen LogP contribution in [0.3, 0.4) is 0 Å². The molecule has 11 heavy (non-hydrogen) atoms. The average molecular weight is 178 g/mol. The van der Waals surface area contributed by atoms with Crippen molar-refractivity contribution in [3.63, 3.8) is 0 Å². The monoisotopic (exact) mass is 177 g/mol. The fraction of sp³-hybridized carbons (Fsp3) is 0.714. The fourth-order valence-corrected chi connectivity index (χ4v) is 0.414. The lowest BCUT2D eigenvalue weighted by molar-refractivity contribution is -0.134. The highest BCUT2D eigenvalue weighted by Crippen LogP contribution is 2.11. The minimum absolute atomic E-state index is 0.179. The second kappa shape index (κ2) is 3.72. The van der Waals surface area contributed by atoms with Gasteiger partial charge in [-0.25, -0.2) is 0 Å². The molecule has 0 aliphatic rings. The molecular formula is C7H12ClNO2. The van der Waals surface area contributed by atoms with Crippen LogP contribution in [0.15, 0.2) is 0 Å². The molecule has 1 N–H and O–H groups in total. The number of hydrogen-bond acceptors (Lipinski definition) is 2. The Morgan fingerprint density at radius 2 is 1.82 bits per heavy atom. The number of carbonyl (C=O) groups excluding carboxylic acids is 2. The van der Waals surface area contributed by atoms with Gasteiger partial charge in [0.05, 0.1) is 0 Å². The predicted octanol–water partition coefficient (Wildman–Crippen LogP) is 0.914. The van der Waals surface area contributed by atoms with E-state index in [2.05, 4.69) is 5.32 Å². The van der Waals surface area contributed by atoms with Crippen molar-refractivity contribution >= 4 is 23.4 Å². The third-order valence-electron chi connectivity index (χ3n) is 1.06. The van der Waals surface area contributed by atoms with Gasteiger partial charge in [-0.3, -0.25) is 14.9 Å². The third-order valence-corrected chi connectivity index (χ3v) is 1.30. The van der Waals surface area contributed by atoms with E-state index in [9.17, 15) is 9.59 Å². The number of nitrogens with one attached hydrogen (secondary N) is 1. The lowest BCUT2D eigenvalue weighted by Gasteiger charge is -2.15. The number of halogens is 1. The van der Waals surface area contributed by atoms with Crippen LogP contribution in [0.4, 0.5) is 0 Å². The highest BCUT2D eigenvalue weighted by atomic mass is 35.5. The molecule has 3 nitrogen and oxygen atoms in total. The van der Waals surface area contributed by atoms with Gasteiger partial charge in [-0.15, -0.1) is 11.6 Å². The smallest absolute Gasteiger partial charge is 0.241 e. The van der Waals surface area contributed by atoms with Gasteiger partial charge in [0.25, 0.3) is 0 Å². The van der Waals surface area contributed by atoms with Gasteiger partial charge in [0.15, 0.2) is 0 Å². The molecule has 0 radical (unpaired) electrons. The van der Waals surface area contributed by atoms with Crippen LogP contribution >= 0.6 is 11.6 Å². The maximum absolute atomic E-state index is 11.0. The predicted molar refractivity (Wildman–Crippen MR) is 43.3 cm³/mol. The molecule has 0 spiro atoms. The molecule has 0 aromatic carbocycles. The van der Waals surface area contributed by atoms with E-state index in [-0.39, 0.29) is 11.8 Å². The first-order valence-electron chi connectivity index (χ1n) is 3.28. The van der Waals surface area contributed by atoms with Crippen molar-refractivity contribution in [3.8, 4) is 0 Å². The van der Waals surface area contributed by atoms with E-state index in [0.717, 1.165) is 0 Å². The zero-order valence-corrected chi connectivity index (χ0v) is 7.66. The van der Waals surface area contributed by atoms with Crippen LogP contribution in [0.25, 0.3) is 0 Å². The summed E-state index contributed by atoms with van der Waals surface area (Å²) in [5.41, 5.74) is -0.540. The average Bonchev–Trinajstić information content (AvgIpc) is 1.85. The van der Waals surface area contributed by atoms with E-state index in [1.54, 1.807) is 20.8 Å². The summed E-state index contributed by atoms with van der Waals surface area (Å²) in [6, 6.07) is 0. The summed E-state index contributed by atoms with van der Waals surface area (Å²) < 4.78 is 0. The van der Waals surface area contributed by atoms with Crippen LogP contribution < -0.4 is 5.32 Å². The molecule has 0 bridgehead atoms. The highest BCUT2D eigenvalue weighted by molar-refractivity contribution is 6.28. The van der Waals surface area contributed by atoms with Gasteiger partial charge in [0, 0.05) is 5.41 Å². The quantitative estimate of drug-likeness (QED) is 0.606. The zero-order chi connectivity index (χ0) is 9.07. The number of imide groups is 1. The molecule has 0 saturated carbocycles. The number of rotatable bonds is 1.